The van der Waals surface area contributed by atoms with Gasteiger partial charge >= 0.3 is 0 Å². The van der Waals surface area contributed by atoms with E-state index in [1.165, 1.54) is 6.42 Å². The van der Waals surface area contributed by atoms with Crippen LogP contribution < -0.4 is 0 Å². The Morgan fingerprint density at radius 2 is 2.08 bits per heavy atom. The summed E-state index contributed by atoms with van der Waals surface area (Å²) in [6.07, 6.45) is 1.18. The summed E-state index contributed by atoms with van der Waals surface area (Å²) in [5.41, 5.74) is 0. The summed E-state index contributed by atoms with van der Waals surface area (Å²) in [6.45, 7) is 4.63. The average molecular weight is 250 g/mol. The minimum atomic E-state index is 0.542. The second kappa shape index (κ2) is 4.73. The fourth-order valence-electron chi connectivity index (χ4n) is 2.07. The van der Waals surface area contributed by atoms with Crippen molar-refractivity contribution in [1.29, 1.82) is 0 Å². The van der Waals surface area contributed by atoms with E-state index in [-0.39, 0.29) is 0 Å². The van der Waals surface area contributed by atoms with Crippen LogP contribution in [0.1, 0.15) is 6.42 Å². The number of halogens is 1. The van der Waals surface area contributed by atoms with Crippen LogP contribution in [0.2, 0.25) is 0 Å². The lowest BCUT2D eigenvalue weighted by molar-refractivity contribution is -0.0211. The van der Waals surface area contributed by atoms with Gasteiger partial charge in [-0.15, -0.1) is 0 Å². The molecule has 2 fully saturated rings. The Bertz CT molecular complexity index is 160. The zero-order valence-corrected chi connectivity index (χ0v) is 9.33. The van der Waals surface area contributed by atoms with Crippen LogP contribution in [-0.2, 0) is 9.47 Å². The Labute approximate surface area is 87.5 Å². The molecule has 3 nitrogen and oxygen atoms in total. The maximum Gasteiger partial charge on any atom is 0.0630 e. The van der Waals surface area contributed by atoms with E-state index >= 15 is 0 Å². The number of hydrogen-bond acceptors (Lipinski definition) is 3. The molecule has 2 rings (SSSR count). The third-order valence-electron chi connectivity index (χ3n) is 2.83. The number of nitrogens with zero attached hydrogens (tertiary/aromatic N) is 1. The van der Waals surface area contributed by atoms with Gasteiger partial charge in [0.2, 0.25) is 0 Å². The number of morpholine rings is 1. The highest BCUT2D eigenvalue weighted by Gasteiger charge is 2.30. The lowest BCUT2D eigenvalue weighted by Crippen LogP contribution is -2.51. The molecule has 0 N–H and O–H groups in total. The van der Waals surface area contributed by atoms with Gasteiger partial charge in [-0.25, -0.2) is 0 Å². The van der Waals surface area contributed by atoms with Crippen molar-refractivity contribution in [3.8, 4) is 0 Å². The molecule has 0 aliphatic carbocycles. The SMILES string of the molecule is BrCC1COCCN1C1CCOC1. The molecule has 0 radical (unpaired) electrons. The summed E-state index contributed by atoms with van der Waals surface area (Å²) in [7, 11) is 0. The standard InChI is InChI=1S/C9H16BrNO2/c10-5-9-7-13-4-2-11(9)8-1-3-12-6-8/h8-9H,1-7H2. The lowest BCUT2D eigenvalue weighted by atomic mass is 10.1. The van der Waals surface area contributed by atoms with Gasteiger partial charge in [-0.05, 0) is 6.42 Å². The molecule has 0 aromatic heterocycles. The first-order valence-electron chi connectivity index (χ1n) is 4.89. The maximum absolute atomic E-state index is 5.45. The Morgan fingerprint density at radius 1 is 1.23 bits per heavy atom. The van der Waals surface area contributed by atoms with Crippen LogP contribution in [0, 0.1) is 0 Å². The molecule has 2 heterocycles. The smallest absolute Gasteiger partial charge is 0.0630 e. The number of alkyl halides is 1. The minimum absolute atomic E-state index is 0.542. The minimum Gasteiger partial charge on any atom is -0.380 e. The van der Waals surface area contributed by atoms with Crippen molar-refractivity contribution in [2.75, 3.05) is 38.3 Å². The van der Waals surface area contributed by atoms with Gasteiger partial charge in [0.15, 0.2) is 0 Å². The van der Waals surface area contributed by atoms with Crippen LogP contribution in [0.4, 0.5) is 0 Å². The average Bonchev–Trinajstić information content (AvgIpc) is 2.70. The van der Waals surface area contributed by atoms with E-state index in [1.54, 1.807) is 0 Å². The molecule has 0 saturated carbocycles. The molecule has 2 aliphatic rings. The van der Waals surface area contributed by atoms with Crippen molar-refractivity contribution >= 4 is 15.9 Å². The molecule has 0 aromatic carbocycles. The zero-order valence-electron chi connectivity index (χ0n) is 7.75. The van der Waals surface area contributed by atoms with E-state index in [1.807, 2.05) is 0 Å². The first-order valence-corrected chi connectivity index (χ1v) is 6.01. The summed E-state index contributed by atoms with van der Waals surface area (Å²) in [6, 6.07) is 1.17. The molecule has 2 aliphatic heterocycles. The van der Waals surface area contributed by atoms with Gasteiger partial charge in [0.1, 0.15) is 0 Å². The Kier molecular flexibility index (Phi) is 3.60. The second-order valence-electron chi connectivity index (χ2n) is 3.64. The number of hydrogen-bond donors (Lipinski definition) is 0. The summed E-state index contributed by atoms with van der Waals surface area (Å²) < 4.78 is 10.9. The molecule has 0 spiro atoms. The fraction of sp³-hybridized carbons (Fsp3) is 1.00. The van der Waals surface area contributed by atoms with E-state index < -0.39 is 0 Å². The first kappa shape index (κ1) is 9.90. The van der Waals surface area contributed by atoms with E-state index in [0.29, 0.717) is 12.1 Å². The highest BCUT2D eigenvalue weighted by molar-refractivity contribution is 9.09. The molecule has 2 saturated heterocycles. The van der Waals surface area contributed by atoms with Gasteiger partial charge in [0.05, 0.1) is 19.8 Å². The van der Waals surface area contributed by atoms with Crippen molar-refractivity contribution in [3.63, 3.8) is 0 Å². The van der Waals surface area contributed by atoms with Crippen LogP contribution in [0.5, 0.6) is 0 Å². The van der Waals surface area contributed by atoms with E-state index in [0.717, 1.165) is 38.3 Å². The first-order chi connectivity index (χ1) is 6.42. The Hall–Kier alpha value is 0.360. The third-order valence-corrected chi connectivity index (χ3v) is 3.57. The van der Waals surface area contributed by atoms with Crippen LogP contribution in [-0.4, -0.2) is 55.3 Å². The zero-order chi connectivity index (χ0) is 9.10. The summed E-state index contributed by atoms with van der Waals surface area (Å²) in [5.74, 6) is 0. The fourth-order valence-corrected chi connectivity index (χ4v) is 2.62. The molecule has 2 atom stereocenters. The summed E-state index contributed by atoms with van der Waals surface area (Å²) >= 11 is 3.54. The molecular weight excluding hydrogens is 234 g/mol. The van der Waals surface area contributed by atoms with Gasteiger partial charge < -0.3 is 9.47 Å². The second-order valence-corrected chi connectivity index (χ2v) is 4.29. The Morgan fingerprint density at radius 3 is 2.77 bits per heavy atom. The van der Waals surface area contributed by atoms with Crippen molar-refractivity contribution in [2.24, 2.45) is 0 Å². The molecule has 0 bridgehead atoms. The highest BCUT2D eigenvalue weighted by Crippen LogP contribution is 2.19. The number of rotatable bonds is 2. The van der Waals surface area contributed by atoms with Crippen molar-refractivity contribution < 1.29 is 9.47 Å². The van der Waals surface area contributed by atoms with Crippen LogP contribution in [0.15, 0.2) is 0 Å². The van der Waals surface area contributed by atoms with Gasteiger partial charge in [-0.1, -0.05) is 15.9 Å². The molecule has 4 heteroatoms. The van der Waals surface area contributed by atoms with Gasteiger partial charge in [0.25, 0.3) is 0 Å². The Balaban J connectivity index is 1.93. The largest absolute Gasteiger partial charge is 0.380 e. The van der Waals surface area contributed by atoms with Crippen LogP contribution in [0.25, 0.3) is 0 Å². The molecule has 2 unspecified atom stereocenters. The van der Waals surface area contributed by atoms with Crippen molar-refractivity contribution in [1.82, 2.24) is 4.90 Å². The van der Waals surface area contributed by atoms with E-state index in [2.05, 4.69) is 20.8 Å². The van der Waals surface area contributed by atoms with Crippen LogP contribution >= 0.6 is 15.9 Å². The lowest BCUT2D eigenvalue weighted by Gasteiger charge is -2.38. The topological polar surface area (TPSA) is 21.7 Å². The van der Waals surface area contributed by atoms with E-state index in [4.69, 9.17) is 9.47 Å². The van der Waals surface area contributed by atoms with Gasteiger partial charge in [-0.3, -0.25) is 4.90 Å². The maximum atomic E-state index is 5.45. The molecule has 13 heavy (non-hydrogen) atoms. The number of ether oxygens (including phenoxy) is 2. The summed E-state index contributed by atoms with van der Waals surface area (Å²) in [5, 5.41) is 1.00. The van der Waals surface area contributed by atoms with Gasteiger partial charge in [0, 0.05) is 30.6 Å². The highest BCUT2D eigenvalue weighted by atomic mass is 79.9. The third kappa shape index (κ3) is 2.24. The predicted octanol–water partition coefficient (Wildman–Crippen LogP) is 0.871. The van der Waals surface area contributed by atoms with Crippen LogP contribution in [0.3, 0.4) is 0 Å². The van der Waals surface area contributed by atoms with Crippen molar-refractivity contribution in [2.45, 2.75) is 18.5 Å². The quantitative estimate of drug-likeness (QED) is 0.679. The van der Waals surface area contributed by atoms with Crippen molar-refractivity contribution in [3.05, 3.63) is 0 Å². The molecule has 0 amide bonds. The molecule has 76 valence electrons. The summed E-state index contributed by atoms with van der Waals surface area (Å²) in [4.78, 5) is 2.53. The van der Waals surface area contributed by atoms with E-state index in [9.17, 15) is 0 Å². The monoisotopic (exact) mass is 249 g/mol. The van der Waals surface area contributed by atoms with Gasteiger partial charge in [-0.2, -0.15) is 0 Å². The molecular formula is C9H16BrNO2. The normalized spacial score (nSPS) is 36.7. The molecule has 0 aromatic rings. The predicted molar refractivity (Wildman–Crippen MR) is 54.3 cm³/mol.